The molecule has 2 heterocycles. The monoisotopic (exact) mass is 509 g/mol. The van der Waals surface area contributed by atoms with Crippen LogP contribution in [-0.4, -0.2) is 89.7 Å². The molecule has 1 amide bonds. The molecule has 9 nitrogen and oxygen atoms in total. The lowest BCUT2D eigenvalue weighted by Crippen LogP contribution is -3.00. The molecule has 0 saturated carbocycles. The smallest absolute Gasteiger partial charge is 0.243 e. The Morgan fingerprint density at radius 2 is 1.68 bits per heavy atom. The number of nitrogens with zero attached hydrogens (tertiary/aromatic N) is 3. The van der Waals surface area contributed by atoms with Crippen molar-refractivity contribution in [2.24, 2.45) is 0 Å². The molecule has 0 atom stereocenters. The largest absolute Gasteiger partial charge is 1.00 e. The van der Waals surface area contributed by atoms with Crippen LogP contribution in [0.25, 0.3) is 0 Å². The van der Waals surface area contributed by atoms with Crippen LogP contribution in [0.2, 0.25) is 0 Å². The normalized spacial score (nSPS) is 17.6. The maximum atomic E-state index is 12.9. The van der Waals surface area contributed by atoms with Gasteiger partial charge >= 0.3 is 0 Å². The van der Waals surface area contributed by atoms with Crippen LogP contribution < -0.4 is 27.4 Å². The lowest BCUT2D eigenvalue weighted by Gasteiger charge is -2.35. The van der Waals surface area contributed by atoms with E-state index in [0.717, 1.165) is 37.6 Å². The van der Waals surface area contributed by atoms with Crippen molar-refractivity contribution in [1.82, 2.24) is 9.21 Å². The number of nitrogens with one attached hydrogen (secondary N) is 1. The Bertz CT molecular complexity index is 1050. The number of piperazine rings is 1. The Balaban J connectivity index is 0.00000324. The summed E-state index contributed by atoms with van der Waals surface area (Å²) in [7, 11) is -1.96. The Morgan fingerprint density at radius 1 is 1.00 bits per heavy atom. The number of carbonyl (C=O) groups excluding carboxylic acids is 1. The fraction of sp³-hybridized carbons (Fsp3) is 0.435. The molecule has 0 radical (unpaired) electrons. The van der Waals surface area contributed by atoms with Gasteiger partial charge in [-0.3, -0.25) is 9.69 Å². The molecule has 0 aromatic heterocycles. The minimum Gasteiger partial charge on any atom is -1.00 e. The molecule has 2 fully saturated rings. The standard InChI is InChI=1S/C23H30N4O5S.ClH/c1-31-21-7-5-20(6-8-21)26-11-9-25(10-12-26)18-23(28)24-19-3-2-4-22(17-19)33(29,30)27-13-15-32-16-14-27;/h2-8,17H,9-16,18H2,1H3,(H,24,28);1H/p-1. The van der Waals surface area contributed by atoms with Gasteiger partial charge in [-0.25, -0.2) is 8.42 Å². The van der Waals surface area contributed by atoms with Crippen LogP contribution >= 0.6 is 0 Å². The summed E-state index contributed by atoms with van der Waals surface area (Å²) in [5.41, 5.74) is 1.62. The summed E-state index contributed by atoms with van der Waals surface area (Å²) in [6, 6.07) is 14.4. The van der Waals surface area contributed by atoms with E-state index in [1.54, 1.807) is 25.3 Å². The summed E-state index contributed by atoms with van der Waals surface area (Å²) in [5.74, 6) is 0.671. The number of ether oxygens (including phenoxy) is 2. The number of methoxy groups -OCH3 is 1. The highest BCUT2D eigenvalue weighted by atomic mass is 35.5. The molecule has 0 bridgehead atoms. The van der Waals surface area contributed by atoms with Crippen molar-refractivity contribution in [2.45, 2.75) is 4.90 Å². The van der Waals surface area contributed by atoms with Gasteiger partial charge in [-0.1, -0.05) is 6.07 Å². The highest BCUT2D eigenvalue weighted by Crippen LogP contribution is 2.22. The zero-order valence-electron chi connectivity index (χ0n) is 19.2. The van der Waals surface area contributed by atoms with Crippen molar-refractivity contribution < 1.29 is 35.1 Å². The number of morpholine rings is 1. The number of rotatable bonds is 7. The van der Waals surface area contributed by atoms with E-state index < -0.39 is 10.0 Å². The van der Waals surface area contributed by atoms with E-state index in [2.05, 4.69) is 15.1 Å². The molecule has 1 N–H and O–H groups in total. The zero-order valence-corrected chi connectivity index (χ0v) is 20.7. The van der Waals surface area contributed by atoms with Gasteiger partial charge in [-0.05, 0) is 42.5 Å². The lowest BCUT2D eigenvalue weighted by atomic mass is 10.2. The molecule has 11 heteroatoms. The topological polar surface area (TPSA) is 91.4 Å². The first kappa shape index (κ1) is 26.2. The number of halogens is 1. The van der Waals surface area contributed by atoms with Gasteiger partial charge < -0.3 is 32.1 Å². The van der Waals surface area contributed by atoms with Crippen LogP contribution in [0.3, 0.4) is 0 Å². The van der Waals surface area contributed by atoms with Gasteiger partial charge in [0.05, 0.1) is 31.8 Å². The number of amides is 1. The van der Waals surface area contributed by atoms with E-state index in [9.17, 15) is 13.2 Å². The highest BCUT2D eigenvalue weighted by molar-refractivity contribution is 7.89. The van der Waals surface area contributed by atoms with Crippen molar-refractivity contribution in [1.29, 1.82) is 0 Å². The van der Waals surface area contributed by atoms with Crippen LogP contribution in [0, 0.1) is 0 Å². The maximum Gasteiger partial charge on any atom is 0.243 e. The van der Waals surface area contributed by atoms with Crippen LogP contribution in [0.15, 0.2) is 53.4 Å². The molecule has 2 aliphatic heterocycles. The lowest BCUT2D eigenvalue weighted by molar-refractivity contribution is -0.117. The summed E-state index contributed by atoms with van der Waals surface area (Å²) in [5, 5.41) is 2.84. The van der Waals surface area contributed by atoms with Gasteiger partial charge in [0, 0.05) is 50.6 Å². The quantitative estimate of drug-likeness (QED) is 0.485. The van der Waals surface area contributed by atoms with E-state index in [0.29, 0.717) is 32.0 Å². The van der Waals surface area contributed by atoms with Gasteiger partial charge in [0.15, 0.2) is 0 Å². The third-order valence-corrected chi connectivity index (χ3v) is 7.80. The predicted molar refractivity (Wildman–Crippen MR) is 126 cm³/mol. The van der Waals surface area contributed by atoms with Crippen LogP contribution in [-0.2, 0) is 19.6 Å². The molecule has 0 unspecified atom stereocenters. The SMILES string of the molecule is COc1ccc(N2CCN(CC(=O)Nc3cccc(S(=O)(=O)N4CCOCC4)c3)CC2)cc1.[Cl-]. The number of carbonyl (C=O) groups is 1. The van der Waals surface area contributed by atoms with E-state index in [4.69, 9.17) is 9.47 Å². The number of anilines is 2. The second kappa shape index (κ2) is 11.9. The Labute approximate surface area is 207 Å². The molecular weight excluding hydrogens is 480 g/mol. The second-order valence-electron chi connectivity index (χ2n) is 8.05. The number of hydrogen-bond acceptors (Lipinski definition) is 7. The van der Waals surface area contributed by atoms with E-state index in [1.165, 1.54) is 10.4 Å². The molecular formula is C23H30ClN4O5S-. The van der Waals surface area contributed by atoms with Gasteiger partial charge in [0.1, 0.15) is 5.75 Å². The third kappa shape index (κ3) is 6.39. The average Bonchev–Trinajstić information content (AvgIpc) is 2.85. The van der Waals surface area contributed by atoms with E-state index in [-0.39, 0.29) is 29.8 Å². The molecule has 2 aromatic carbocycles. The van der Waals surface area contributed by atoms with Crippen LogP contribution in [0.4, 0.5) is 11.4 Å². The molecule has 2 saturated heterocycles. The van der Waals surface area contributed by atoms with Gasteiger partial charge in [-0.2, -0.15) is 4.31 Å². The highest BCUT2D eigenvalue weighted by Gasteiger charge is 2.26. The molecule has 2 aromatic rings. The second-order valence-corrected chi connectivity index (χ2v) is 9.99. The molecule has 4 rings (SSSR count). The summed E-state index contributed by atoms with van der Waals surface area (Å²) in [4.78, 5) is 17.2. The summed E-state index contributed by atoms with van der Waals surface area (Å²) in [6.07, 6.45) is 0. The Morgan fingerprint density at radius 3 is 2.32 bits per heavy atom. The molecule has 34 heavy (non-hydrogen) atoms. The third-order valence-electron chi connectivity index (χ3n) is 5.90. The first-order chi connectivity index (χ1) is 16.0. The van der Waals surface area contributed by atoms with E-state index >= 15 is 0 Å². The number of benzene rings is 2. The average molecular weight is 510 g/mol. The summed E-state index contributed by atoms with van der Waals surface area (Å²) in [6.45, 7) is 4.90. The maximum absolute atomic E-state index is 12.9. The van der Waals surface area contributed by atoms with E-state index in [1.807, 2.05) is 24.3 Å². The molecule has 186 valence electrons. The van der Waals surface area contributed by atoms with Crippen molar-refractivity contribution in [3.63, 3.8) is 0 Å². The van der Waals surface area contributed by atoms with Crippen LogP contribution in [0.1, 0.15) is 0 Å². The Hall–Kier alpha value is -2.37. The molecule has 0 spiro atoms. The first-order valence-corrected chi connectivity index (χ1v) is 12.5. The number of hydrogen-bond donors (Lipinski definition) is 1. The van der Waals surface area contributed by atoms with Gasteiger partial charge in [0.2, 0.25) is 15.9 Å². The van der Waals surface area contributed by atoms with Crippen molar-refractivity contribution in [2.75, 3.05) is 76.4 Å². The predicted octanol–water partition coefficient (Wildman–Crippen LogP) is -1.52. The van der Waals surface area contributed by atoms with Crippen molar-refractivity contribution in [3.05, 3.63) is 48.5 Å². The van der Waals surface area contributed by atoms with Gasteiger partial charge in [-0.15, -0.1) is 0 Å². The molecule has 2 aliphatic rings. The molecule has 0 aliphatic carbocycles. The zero-order chi connectivity index (χ0) is 23.3. The number of sulfonamides is 1. The van der Waals surface area contributed by atoms with Crippen molar-refractivity contribution >= 4 is 27.3 Å². The van der Waals surface area contributed by atoms with Crippen molar-refractivity contribution in [3.8, 4) is 5.75 Å². The first-order valence-electron chi connectivity index (χ1n) is 11.0. The summed E-state index contributed by atoms with van der Waals surface area (Å²) < 4.78 is 37.6. The Kier molecular flexibility index (Phi) is 9.15. The van der Waals surface area contributed by atoms with Crippen LogP contribution in [0.5, 0.6) is 5.75 Å². The van der Waals surface area contributed by atoms with Gasteiger partial charge in [0.25, 0.3) is 0 Å². The fourth-order valence-corrected chi connectivity index (χ4v) is 5.49. The minimum atomic E-state index is -3.61. The minimum absolute atomic E-state index is 0. The fourth-order valence-electron chi connectivity index (χ4n) is 4.03. The summed E-state index contributed by atoms with van der Waals surface area (Å²) >= 11 is 0.